The second-order valence-electron chi connectivity index (χ2n) is 6.19. The van der Waals surface area contributed by atoms with Crippen LogP contribution >= 0.6 is 11.8 Å². The maximum Gasteiger partial charge on any atom is 0.188 e. The van der Waals surface area contributed by atoms with E-state index in [-0.39, 0.29) is 11.2 Å². The Morgan fingerprint density at radius 3 is 2.64 bits per heavy atom. The second kappa shape index (κ2) is 5.65. The van der Waals surface area contributed by atoms with Crippen molar-refractivity contribution in [2.24, 2.45) is 5.41 Å². The van der Waals surface area contributed by atoms with Gasteiger partial charge in [-0.1, -0.05) is 50.7 Å². The lowest BCUT2D eigenvalue weighted by Crippen LogP contribution is -2.22. The molecule has 0 atom stereocenters. The number of aromatic nitrogens is 3. The third kappa shape index (κ3) is 2.95. The maximum atomic E-state index is 12.0. The van der Waals surface area contributed by atoms with Crippen molar-refractivity contribution in [1.29, 1.82) is 0 Å². The number of nitrogens with zero attached hydrogens (tertiary/aromatic N) is 3. The smallest absolute Gasteiger partial charge is 0.188 e. The van der Waals surface area contributed by atoms with Crippen molar-refractivity contribution in [2.45, 2.75) is 25.9 Å². The standard InChI is InChI=1S/C17H17N3OS/c1-17(2,3)14(21)10-22-16-19-9-11-8-18-13-7-5-4-6-12(13)15(11)20-16/h4-9H,10H2,1-3H3. The lowest BCUT2D eigenvalue weighted by Gasteiger charge is -2.15. The summed E-state index contributed by atoms with van der Waals surface area (Å²) < 4.78 is 0. The van der Waals surface area contributed by atoms with Gasteiger partial charge in [-0.3, -0.25) is 9.78 Å². The Bertz CT molecular complexity index is 855. The summed E-state index contributed by atoms with van der Waals surface area (Å²) in [5.74, 6) is 0.582. The minimum Gasteiger partial charge on any atom is -0.298 e. The van der Waals surface area contributed by atoms with Gasteiger partial charge >= 0.3 is 0 Å². The first-order valence-electron chi connectivity index (χ1n) is 7.12. The fourth-order valence-electron chi connectivity index (χ4n) is 2.03. The van der Waals surface area contributed by atoms with Gasteiger partial charge in [0.25, 0.3) is 0 Å². The number of fused-ring (bicyclic) bond motifs is 3. The van der Waals surface area contributed by atoms with Gasteiger partial charge in [0.1, 0.15) is 5.78 Å². The van der Waals surface area contributed by atoms with Crippen LogP contribution in [-0.2, 0) is 4.79 Å². The van der Waals surface area contributed by atoms with Crippen LogP contribution in [0.4, 0.5) is 0 Å². The molecule has 0 fully saturated rings. The van der Waals surface area contributed by atoms with Gasteiger partial charge < -0.3 is 0 Å². The molecule has 0 saturated heterocycles. The van der Waals surface area contributed by atoms with Crippen LogP contribution in [0.25, 0.3) is 21.8 Å². The van der Waals surface area contributed by atoms with E-state index >= 15 is 0 Å². The molecule has 22 heavy (non-hydrogen) atoms. The third-order valence-electron chi connectivity index (χ3n) is 3.47. The molecule has 0 bridgehead atoms. The average molecular weight is 311 g/mol. The van der Waals surface area contributed by atoms with Crippen LogP contribution in [0.2, 0.25) is 0 Å². The first-order valence-corrected chi connectivity index (χ1v) is 8.10. The van der Waals surface area contributed by atoms with Crippen LogP contribution in [0.3, 0.4) is 0 Å². The number of pyridine rings is 1. The highest BCUT2D eigenvalue weighted by Crippen LogP contribution is 2.25. The molecule has 3 rings (SSSR count). The maximum absolute atomic E-state index is 12.0. The number of rotatable bonds is 3. The monoisotopic (exact) mass is 311 g/mol. The highest BCUT2D eigenvalue weighted by atomic mass is 32.2. The molecule has 0 amide bonds. The van der Waals surface area contributed by atoms with Crippen LogP contribution < -0.4 is 0 Å². The van der Waals surface area contributed by atoms with E-state index in [1.807, 2.05) is 45.0 Å². The number of para-hydroxylation sites is 1. The van der Waals surface area contributed by atoms with Crippen molar-refractivity contribution < 1.29 is 4.79 Å². The van der Waals surface area contributed by atoms with Gasteiger partial charge in [0.2, 0.25) is 0 Å². The largest absolute Gasteiger partial charge is 0.298 e. The summed E-state index contributed by atoms with van der Waals surface area (Å²) in [6, 6.07) is 7.90. The molecule has 0 N–H and O–H groups in total. The fourth-order valence-corrected chi connectivity index (χ4v) is 3.00. The van der Waals surface area contributed by atoms with Gasteiger partial charge in [0, 0.05) is 28.6 Å². The summed E-state index contributed by atoms with van der Waals surface area (Å²) in [5.41, 5.74) is 1.46. The molecule has 3 aromatic rings. The molecule has 1 aromatic carbocycles. The average Bonchev–Trinajstić information content (AvgIpc) is 2.51. The molecule has 0 radical (unpaired) electrons. The van der Waals surface area contributed by atoms with E-state index in [2.05, 4.69) is 15.0 Å². The zero-order valence-electron chi connectivity index (χ0n) is 12.8. The van der Waals surface area contributed by atoms with E-state index < -0.39 is 0 Å². The molecular weight excluding hydrogens is 294 g/mol. The zero-order chi connectivity index (χ0) is 15.7. The van der Waals surface area contributed by atoms with Crippen molar-refractivity contribution in [3.63, 3.8) is 0 Å². The molecule has 0 aliphatic rings. The molecule has 0 aliphatic heterocycles. The van der Waals surface area contributed by atoms with Crippen molar-refractivity contribution in [3.05, 3.63) is 36.7 Å². The highest BCUT2D eigenvalue weighted by Gasteiger charge is 2.21. The van der Waals surface area contributed by atoms with E-state index in [0.29, 0.717) is 10.9 Å². The Morgan fingerprint density at radius 1 is 1.14 bits per heavy atom. The van der Waals surface area contributed by atoms with Crippen LogP contribution in [0.5, 0.6) is 0 Å². The fraction of sp³-hybridized carbons (Fsp3) is 0.294. The second-order valence-corrected chi connectivity index (χ2v) is 7.14. The summed E-state index contributed by atoms with van der Waals surface area (Å²) in [6.45, 7) is 5.78. The predicted octanol–water partition coefficient (Wildman–Crippen LogP) is 3.89. The number of Topliss-reactive ketones (excluding diaryl/α,β-unsaturated/α-hetero) is 1. The van der Waals surface area contributed by atoms with Crippen LogP contribution in [0.15, 0.2) is 41.8 Å². The molecule has 5 heteroatoms. The molecule has 0 spiro atoms. The minimum atomic E-state index is -0.333. The topological polar surface area (TPSA) is 55.7 Å². The molecule has 2 heterocycles. The Kier molecular flexibility index (Phi) is 3.83. The molecule has 0 unspecified atom stereocenters. The summed E-state index contributed by atoms with van der Waals surface area (Å²) in [6.07, 6.45) is 3.55. The number of hydrogen-bond donors (Lipinski definition) is 0. The summed E-state index contributed by atoms with van der Waals surface area (Å²) >= 11 is 1.39. The van der Waals surface area contributed by atoms with Crippen molar-refractivity contribution >= 4 is 39.4 Å². The molecule has 4 nitrogen and oxygen atoms in total. The lowest BCUT2D eigenvalue weighted by atomic mass is 9.92. The van der Waals surface area contributed by atoms with Gasteiger partial charge in [-0.05, 0) is 6.07 Å². The third-order valence-corrected chi connectivity index (χ3v) is 4.33. The quantitative estimate of drug-likeness (QED) is 0.417. The molecule has 0 aliphatic carbocycles. The summed E-state index contributed by atoms with van der Waals surface area (Å²) in [7, 11) is 0. The Balaban J connectivity index is 1.95. The van der Waals surface area contributed by atoms with Gasteiger partial charge in [0.15, 0.2) is 5.16 Å². The molecule has 0 saturated carbocycles. The minimum absolute atomic E-state index is 0.195. The summed E-state index contributed by atoms with van der Waals surface area (Å²) in [4.78, 5) is 25.4. The lowest BCUT2D eigenvalue weighted by molar-refractivity contribution is -0.123. The highest BCUT2D eigenvalue weighted by molar-refractivity contribution is 7.99. The van der Waals surface area contributed by atoms with Crippen molar-refractivity contribution in [3.8, 4) is 0 Å². The van der Waals surface area contributed by atoms with Crippen LogP contribution in [-0.4, -0.2) is 26.5 Å². The van der Waals surface area contributed by atoms with E-state index in [1.54, 1.807) is 12.4 Å². The van der Waals surface area contributed by atoms with Gasteiger partial charge in [-0.25, -0.2) is 9.97 Å². The van der Waals surface area contributed by atoms with Gasteiger partial charge in [-0.15, -0.1) is 0 Å². The van der Waals surface area contributed by atoms with E-state index in [1.165, 1.54) is 11.8 Å². The van der Waals surface area contributed by atoms with Crippen LogP contribution in [0.1, 0.15) is 20.8 Å². The van der Waals surface area contributed by atoms with E-state index in [0.717, 1.165) is 21.8 Å². The van der Waals surface area contributed by atoms with Crippen LogP contribution in [0, 0.1) is 5.41 Å². The Hall–Kier alpha value is -2.01. The van der Waals surface area contributed by atoms with E-state index in [4.69, 9.17) is 0 Å². The van der Waals surface area contributed by atoms with Crippen molar-refractivity contribution in [1.82, 2.24) is 15.0 Å². The number of carbonyl (C=O) groups is 1. The van der Waals surface area contributed by atoms with Gasteiger partial charge in [0.05, 0.1) is 16.8 Å². The molecule has 112 valence electrons. The number of benzene rings is 1. The van der Waals surface area contributed by atoms with Crippen molar-refractivity contribution in [2.75, 3.05) is 5.75 Å². The van der Waals surface area contributed by atoms with Gasteiger partial charge in [-0.2, -0.15) is 0 Å². The normalized spacial score (nSPS) is 12.0. The molecular formula is C17H17N3OS. The number of ketones is 1. The number of carbonyl (C=O) groups excluding carboxylic acids is 1. The summed E-state index contributed by atoms with van der Waals surface area (Å²) in [5, 5.41) is 2.54. The Labute approximate surface area is 133 Å². The predicted molar refractivity (Wildman–Crippen MR) is 90.0 cm³/mol. The SMILES string of the molecule is CC(C)(C)C(=O)CSc1ncc2cnc3ccccc3c2n1. The molecule has 2 aromatic heterocycles. The Morgan fingerprint density at radius 2 is 1.86 bits per heavy atom. The number of hydrogen-bond acceptors (Lipinski definition) is 5. The zero-order valence-corrected chi connectivity index (χ0v) is 13.6. The first-order chi connectivity index (χ1) is 10.4. The number of thioether (sulfide) groups is 1. The first kappa shape index (κ1) is 14.9. The van der Waals surface area contributed by atoms with E-state index in [9.17, 15) is 4.79 Å².